The van der Waals surface area contributed by atoms with E-state index in [1.54, 1.807) is 17.0 Å². The summed E-state index contributed by atoms with van der Waals surface area (Å²) in [5.41, 5.74) is 2.90. The number of nitrogens with one attached hydrogen (secondary N) is 1. The number of hydrogen-bond donors (Lipinski definition) is 1. The van der Waals surface area contributed by atoms with Crippen LogP contribution in [0.2, 0.25) is 5.02 Å². The summed E-state index contributed by atoms with van der Waals surface area (Å²) >= 11 is 6.12. The minimum absolute atomic E-state index is 0.0495. The van der Waals surface area contributed by atoms with Crippen LogP contribution >= 0.6 is 11.6 Å². The van der Waals surface area contributed by atoms with Crippen molar-refractivity contribution in [3.05, 3.63) is 70.2 Å². The Morgan fingerprint density at radius 2 is 1.66 bits per heavy atom. The Hall–Kier alpha value is -2.86. The molecular weight excluding hydrogens is 464 g/mol. The van der Waals surface area contributed by atoms with Gasteiger partial charge in [-0.05, 0) is 49.4 Å². The third kappa shape index (κ3) is 5.69. The number of halogens is 1. The quantitative estimate of drug-likeness (QED) is 0.572. The zero-order valence-corrected chi connectivity index (χ0v) is 21.1. The summed E-state index contributed by atoms with van der Waals surface area (Å²) in [6.45, 7) is 2.37. The normalized spacial score (nSPS) is 22.6. The van der Waals surface area contributed by atoms with Gasteiger partial charge in [0.1, 0.15) is 6.04 Å². The van der Waals surface area contributed by atoms with Gasteiger partial charge in [0.15, 0.2) is 0 Å². The molecule has 4 rings (SSSR count). The lowest BCUT2D eigenvalue weighted by molar-refractivity contribution is -0.148. The van der Waals surface area contributed by atoms with E-state index in [0.29, 0.717) is 11.6 Å². The van der Waals surface area contributed by atoms with Crippen LogP contribution in [0.4, 0.5) is 0 Å². The van der Waals surface area contributed by atoms with E-state index < -0.39 is 24.0 Å². The maximum atomic E-state index is 13.9. The van der Waals surface area contributed by atoms with Crippen molar-refractivity contribution in [2.24, 2.45) is 11.8 Å². The summed E-state index contributed by atoms with van der Waals surface area (Å²) in [5, 5.41) is 3.57. The molecule has 1 heterocycles. The SMILES string of the molecule is COC(=O)C1CC(C(=O)NCc2ccc(C)cc2)N(C(=O)C2CCCCC2)C1c1ccc(Cl)cc1. The van der Waals surface area contributed by atoms with Crippen molar-refractivity contribution in [1.82, 2.24) is 10.2 Å². The van der Waals surface area contributed by atoms with Gasteiger partial charge in [-0.15, -0.1) is 0 Å². The molecule has 0 aromatic heterocycles. The van der Waals surface area contributed by atoms with Gasteiger partial charge in [0.05, 0.1) is 19.1 Å². The van der Waals surface area contributed by atoms with Gasteiger partial charge >= 0.3 is 5.97 Å². The van der Waals surface area contributed by atoms with E-state index in [2.05, 4.69) is 5.32 Å². The molecule has 35 heavy (non-hydrogen) atoms. The van der Waals surface area contributed by atoms with E-state index in [-0.39, 0.29) is 24.2 Å². The van der Waals surface area contributed by atoms with Gasteiger partial charge in [0.2, 0.25) is 11.8 Å². The van der Waals surface area contributed by atoms with Crippen molar-refractivity contribution in [2.45, 2.75) is 64.1 Å². The van der Waals surface area contributed by atoms with E-state index in [1.165, 1.54) is 7.11 Å². The fourth-order valence-electron chi connectivity index (χ4n) is 5.40. The second-order valence-corrected chi connectivity index (χ2v) is 10.1. The minimum Gasteiger partial charge on any atom is -0.469 e. The molecule has 0 radical (unpaired) electrons. The molecule has 6 nitrogen and oxygen atoms in total. The summed E-state index contributed by atoms with van der Waals surface area (Å²) in [6.07, 6.45) is 4.96. The second kappa shape index (κ2) is 11.3. The Kier molecular flexibility index (Phi) is 8.11. The van der Waals surface area contributed by atoms with Crippen molar-refractivity contribution >= 4 is 29.4 Å². The van der Waals surface area contributed by atoms with Gasteiger partial charge in [-0.3, -0.25) is 14.4 Å². The molecule has 3 atom stereocenters. The lowest BCUT2D eigenvalue weighted by Crippen LogP contribution is -2.49. The number of esters is 1. The number of benzene rings is 2. The summed E-state index contributed by atoms with van der Waals surface area (Å²) in [4.78, 5) is 41.9. The summed E-state index contributed by atoms with van der Waals surface area (Å²) < 4.78 is 5.12. The fraction of sp³-hybridized carbons (Fsp3) is 0.464. The number of likely N-dealkylation sites (tertiary alicyclic amines) is 1. The van der Waals surface area contributed by atoms with E-state index in [9.17, 15) is 14.4 Å². The molecule has 1 saturated carbocycles. The first kappa shape index (κ1) is 25.2. The standard InChI is InChI=1S/C28H33ClN2O4/c1-18-8-10-19(11-9-18)17-30-26(32)24-16-23(28(34)35-2)25(20-12-14-22(29)15-13-20)31(24)27(33)21-6-4-3-5-7-21/h8-15,21,23-25H,3-7,16-17H2,1-2H3,(H,30,32). The third-order valence-electron chi connectivity index (χ3n) is 7.31. The number of carbonyl (C=O) groups excluding carboxylic acids is 3. The molecule has 2 aromatic rings. The molecule has 2 fully saturated rings. The summed E-state index contributed by atoms with van der Waals surface area (Å²) in [7, 11) is 1.35. The maximum absolute atomic E-state index is 13.9. The molecule has 2 aromatic carbocycles. The molecule has 2 amide bonds. The van der Waals surface area contributed by atoms with E-state index >= 15 is 0 Å². The van der Waals surface area contributed by atoms with Crippen LogP contribution in [0.3, 0.4) is 0 Å². The van der Waals surface area contributed by atoms with Gasteiger partial charge in [0.25, 0.3) is 0 Å². The van der Waals surface area contributed by atoms with Crippen LogP contribution in [0.5, 0.6) is 0 Å². The molecule has 1 saturated heterocycles. The van der Waals surface area contributed by atoms with Gasteiger partial charge in [-0.25, -0.2) is 0 Å². The third-order valence-corrected chi connectivity index (χ3v) is 7.56. The van der Waals surface area contributed by atoms with Crippen LogP contribution in [0.1, 0.15) is 61.3 Å². The zero-order valence-electron chi connectivity index (χ0n) is 20.3. The van der Waals surface area contributed by atoms with E-state index in [4.69, 9.17) is 16.3 Å². The average Bonchev–Trinajstić information content (AvgIpc) is 3.29. The Bertz CT molecular complexity index is 1050. The van der Waals surface area contributed by atoms with Crippen LogP contribution < -0.4 is 5.32 Å². The van der Waals surface area contributed by atoms with E-state index in [1.807, 2.05) is 43.3 Å². The number of hydrogen-bond acceptors (Lipinski definition) is 4. The topological polar surface area (TPSA) is 75.7 Å². The summed E-state index contributed by atoms with van der Waals surface area (Å²) in [5.74, 6) is -1.49. The van der Waals surface area contributed by atoms with Crippen LogP contribution in [-0.4, -0.2) is 35.8 Å². The lowest BCUT2D eigenvalue weighted by atomic mass is 9.87. The van der Waals surface area contributed by atoms with Crippen molar-refractivity contribution < 1.29 is 19.1 Å². The average molecular weight is 497 g/mol. The highest BCUT2D eigenvalue weighted by atomic mass is 35.5. The number of rotatable bonds is 6. The smallest absolute Gasteiger partial charge is 0.311 e. The predicted molar refractivity (Wildman–Crippen MR) is 135 cm³/mol. The highest BCUT2D eigenvalue weighted by Crippen LogP contribution is 2.44. The van der Waals surface area contributed by atoms with Crippen molar-refractivity contribution in [3.8, 4) is 0 Å². The molecule has 3 unspecified atom stereocenters. The first-order valence-corrected chi connectivity index (χ1v) is 12.8. The van der Waals surface area contributed by atoms with Gasteiger partial charge in [-0.2, -0.15) is 0 Å². The molecule has 186 valence electrons. The largest absolute Gasteiger partial charge is 0.469 e. The van der Waals surface area contributed by atoms with Crippen LogP contribution in [0.25, 0.3) is 0 Å². The first-order chi connectivity index (χ1) is 16.9. The number of carbonyl (C=O) groups is 3. The van der Waals surface area contributed by atoms with Gasteiger partial charge in [0, 0.05) is 17.5 Å². The molecular formula is C28H33ClN2O4. The van der Waals surface area contributed by atoms with Crippen LogP contribution in [-0.2, 0) is 25.7 Å². The number of aryl methyl sites for hydroxylation is 1. The fourth-order valence-corrected chi connectivity index (χ4v) is 5.52. The Morgan fingerprint density at radius 3 is 2.29 bits per heavy atom. The minimum atomic E-state index is -0.750. The molecule has 0 spiro atoms. The number of amides is 2. The molecule has 0 bridgehead atoms. The van der Waals surface area contributed by atoms with Gasteiger partial charge < -0.3 is 15.0 Å². The molecule has 7 heteroatoms. The van der Waals surface area contributed by atoms with Crippen LogP contribution in [0.15, 0.2) is 48.5 Å². The number of nitrogens with zero attached hydrogens (tertiary/aromatic N) is 1. The molecule has 1 N–H and O–H groups in total. The maximum Gasteiger partial charge on any atom is 0.311 e. The highest BCUT2D eigenvalue weighted by molar-refractivity contribution is 6.30. The van der Waals surface area contributed by atoms with Crippen LogP contribution in [0, 0.1) is 18.8 Å². The number of methoxy groups -OCH3 is 1. The molecule has 1 aliphatic heterocycles. The molecule has 1 aliphatic carbocycles. The number of ether oxygens (including phenoxy) is 1. The van der Waals surface area contributed by atoms with Gasteiger partial charge in [-0.1, -0.05) is 72.8 Å². The second-order valence-electron chi connectivity index (χ2n) is 9.66. The first-order valence-electron chi connectivity index (χ1n) is 12.4. The summed E-state index contributed by atoms with van der Waals surface area (Å²) in [6, 6.07) is 13.8. The van der Waals surface area contributed by atoms with Crippen molar-refractivity contribution in [1.29, 1.82) is 0 Å². The molecule has 2 aliphatic rings. The Labute approximate surface area is 212 Å². The monoisotopic (exact) mass is 496 g/mol. The Balaban J connectivity index is 1.65. The van der Waals surface area contributed by atoms with Crippen molar-refractivity contribution in [2.75, 3.05) is 7.11 Å². The van der Waals surface area contributed by atoms with E-state index in [0.717, 1.165) is 48.8 Å². The Morgan fingerprint density at radius 1 is 1.00 bits per heavy atom. The predicted octanol–water partition coefficient (Wildman–Crippen LogP) is 4.98. The highest BCUT2D eigenvalue weighted by Gasteiger charge is 2.51. The lowest BCUT2D eigenvalue weighted by Gasteiger charge is -2.35. The zero-order chi connectivity index (χ0) is 24.9. The van der Waals surface area contributed by atoms with Crippen molar-refractivity contribution in [3.63, 3.8) is 0 Å².